The number of benzene rings is 1. The summed E-state index contributed by atoms with van der Waals surface area (Å²) in [6.07, 6.45) is 0. The molecule has 1 aromatic heterocycles. The molecular formula is C11H12ClN3O2. The van der Waals surface area contributed by atoms with Crippen molar-refractivity contribution in [3.05, 3.63) is 44.1 Å². The van der Waals surface area contributed by atoms with E-state index >= 15 is 0 Å². The fourth-order valence-corrected chi connectivity index (χ4v) is 2.14. The average molecular weight is 254 g/mol. The van der Waals surface area contributed by atoms with E-state index in [0.29, 0.717) is 15.9 Å². The monoisotopic (exact) mass is 253 g/mol. The summed E-state index contributed by atoms with van der Waals surface area (Å²) in [5.41, 5.74) is -0.249. The Bertz CT molecular complexity index is 687. The van der Waals surface area contributed by atoms with Gasteiger partial charge in [-0.1, -0.05) is 17.7 Å². The van der Waals surface area contributed by atoms with Crippen LogP contribution in [0.15, 0.2) is 27.8 Å². The van der Waals surface area contributed by atoms with E-state index in [0.717, 1.165) is 4.57 Å². The van der Waals surface area contributed by atoms with Crippen molar-refractivity contribution in [2.45, 2.75) is 6.67 Å². The zero-order valence-corrected chi connectivity index (χ0v) is 10.3. The predicted octanol–water partition coefficient (Wildman–Crippen LogP) is 0.530. The molecule has 0 amide bonds. The van der Waals surface area contributed by atoms with E-state index in [9.17, 15) is 9.59 Å². The molecule has 6 heteroatoms. The number of hydrogen-bond donors (Lipinski definition) is 1. The summed E-state index contributed by atoms with van der Waals surface area (Å²) in [5, 5.41) is 3.63. The molecule has 0 aliphatic rings. The lowest BCUT2D eigenvalue weighted by Crippen LogP contribution is -2.41. The quantitative estimate of drug-likeness (QED) is 0.850. The van der Waals surface area contributed by atoms with E-state index in [1.165, 1.54) is 4.57 Å². The number of aromatic nitrogens is 2. The molecule has 1 N–H and O–H groups in total. The van der Waals surface area contributed by atoms with Gasteiger partial charge in [0.05, 0.1) is 22.6 Å². The lowest BCUT2D eigenvalue weighted by molar-refractivity contribution is 0.553. The molecule has 0 fully saturated rings. The van der Waals surface area contributed by atoms with E-state index in [1.54, 1.807) is 32.3 Å². The number of halogens is 1. The van der Waals surface area contributed by atoms with Gasteiger partial charge >= 0.3 is 5.69 Å². The Morgan fingerprint density at radius 3 is 2.71 bits per heavy atom. The zero-order valence-electron chi connectivity index (χ0n) is 9.53. The molecule has 17 heavy (non-hydrogen) atoms. The van der Waals surface area contributed by atoms with Crippen molar-refractivity contribution < 1.29 is 0 Å². The Labute approximate surface area is 102 Å². The largest absolute Gasteiger partial charge is 0.332 e. The van der Waals surface area contributed by atoms with Crippen LogP contribution in [-0.2, 0) is 13.7 Å². The van der Waals surface area contributed by atoms with Gasteiger partial charge in [0.1, 0.15) is 0 Å². The van der Waals surface area contributed by atoms with Crippen molar-refractivity contribution in [2.24, 2.45) is 7.05 Å². The molecule has 1 heterocycles. The van der Waals surface area contributed by atoms with Gasteiger partial charge < -0.3 is 5.32 Å². The normalized spacial score (nSPS) is 11.0. The fourth-order valence-electron chi connectivity index (χ4n) is 1.84. The number of rotatable bonds is 2. The van der Waals surface area contributed by atoms with Crippen LogP contribution in [0, 0.1) is 0 Å². The van der Waals surface area contributed by atoms with Gasteiger partial charge in [-0.25, -0.2) is 9.36 Å². The van der Waals surface area contributed by atoms with E-state index < -0.39 is 0 Å². The van der Waals surface area contributed by atoms with Crippen molar-refractivity contribution in [3.8, 4) is 0 Å². The van der Waals surface area contributed by atoms with Gasteiger partial charge in [0.15, 0.2) is 0 Å². The Hall–Kier alpha value is -1.59. The summed E-state index contributed by atoms with van der Waals surface area (Å²) in [5.74, 6) is 0. The van der Waals surface area contributed by atoms with Gasteiger partial charge in [-0.05, 0) is 19.2 Å². The van der Waals surface area contributed by atoms with Crippen molar-refractivity contribution >= 4 is 22.5 Å². The van der Waals surface area contributed by atoms with Crippen molar-refractivity contribution in [1.82, 2.24) is 14.5 Å². The zero-order chi connectivity index (χ0) is 12.6. The van der Waals surface area contributed by atoms with Crippen LogP contribution in [0.2, 0.25) is 5.02 Å². The number of fused-ring (bicyclic) bond motifs is 1. The Morgan fingerprint density at radius 1 is 1.35 bits per heavy atom. The molecule has 2 aromatic rings. The molecule has 0 spiro atoms. The summed E-state index contributed by atoms with van der Waals surface area (Å²) in [6.45, 7) is 0.175. The first-order valence-electron chi connectivity index (χ1n) is 5.10. The molecule has 0 aliphatic heterocycles. The molecule has 5 nitrogen and oxygen atoms in total. The number of nitrogens with zero attached hydrogens (tertiary/aromatic N) is 2. The standard InChI is InChI=1S/C11H12ClN3O2/c1-13-6-15-10(16)7-4-3-5-8(12)9(7)14(2)11(15)17/h3-5,13H,6H2,1-2H3. The summed E-state index contributed by atoms with van der Waals surface area (Å²) >= 11 is 6.01. The van der Waals surface area contributed by atoms with Crippen molar-refractivity contribution in [1.29, 1.82) is 0 Å². The summed E-state index contributed by atoms with van der Waals surface area (Å²) in [4.78, 5) is 24.1. The topological polar surface area (TPSA) is 56.0 Å². The summed E-state index contributed by atoms with van der Waals surface area (Å²) in [7, 11) is 3.27. The van der Waals surface area contributed by atoms with Crippen molar-refractivity contribution in [3.63, 3.8) is 0 Å². The highest BCUT2D eigenvalue weighted by molar-refractivity contribution is 6.35. The molecule has 0 unspecified atom stereocenters. The van der Waals surface area contributed by atoms with Gasteiger partial charge in [0.25, 0.3) is 5.56 Å². The third kappa shape index (κ3) is 1.77. The maximum absolute atomic E-state index is 12.1. The highest BCUT2D eigenvalue weighted by Gasteiger charge is 2.11. The second-order valence-corrected chi connectivity index (χ2v) is 4.13. The number of para-hydroxylation sites is 1. The van der Waals surface area contributed by atoms with Gasteiger partial charge in [0.2, 0.25) is 0 Å². The first-order chi connectivity index (χ1) is 8.07. The Morgan fingerprint density at radius 2 is 2.06 bits per heavy atom. The van der Waals surface area contributed by atoms with E-state index in [4.69, 9.17) is 11.6 Å². The smallest absolute Gasteiger partial charge is 0.302 e. The molecule has 0 saturated heterocycles. The second-order valence-electron chi connectivity index (χ2n) is 3.72. The van der Waals surface area contributed by atoms with Gasteiger partial charge in [-0.3, -0.25) is 9.36 Å². The third-order valence-electron chi connectivity index (χ3n) is 2.63. The molecule has 0 atom stereocenters. The molecule has 0 saturated carbocycles. The summed E-state index contributed by atoms with van der Waals surface area (Å²) in [6, 6.07) is 5.01. The van der Waals surface area contributed by atoms with Gasteiger partial charge in [-0.2, -0.15) is 0 Å². The number of hydrogen-bond acceptors (Lipinski definition) is 3. The SMILES string of the molecule is CNCn1c(=O)c2cccc(Cl)c2n(C)c1=O. The maximum Gasteiger partial charge on any atom is 0.332 e. The van der Waals surface area contributed by atoms with Crippen LogP contribution in [0.4, 0.5) is 0 Å². The van der Waals surface area contributed by atoms with Gasteiger partial charge in [0, 0.05) is 7.05 Å². The number of aryl methyl sites for hydroxylation is 1. The minimum absolute atomic E-state index is 0.175. The predicted molar refractivity (Wildman–Crippen MR) is 67.5 cm³/mol. The first kappa shape index (κ1) is 11.9. The van der Waals surface area contributed by atoms with Crippen LogP contribution in [0.3, 0.4) is 0 Å². The lowest BCUT2D eigenvalue weighted by atomic mass is 10.2. The minimum Gasteiger partial charge on any atom is -0.302 e. The highest BCUT2D eigenvalue weighted by Crippen LogP contribution is 2.18. The highest BCUT2D eigenvalue weighted by atomic mass is 35.5. The van der Waals surface area contributed by atoms with Crippen LogP contribution in [0.5, 0.6) is 0 Å². The molecular weight excluding hydrogens is 242 g/mol. The third-order valence-corrected chi connectivity index (χ3v) is 2.94. The molecule has 2 rings (SSSR count). The fraction of sp³-hybridized carbons (Fsp3) is 0.273. The van der Waals surface area contributed by atoms with Crippen LogP contribution in [0.1, 0.15) is 0 Å². The summed E-state index contributed by atoms with van der Waals surface area (Å²) < 4.78 is 2.52. The van der Waals surface area contributed by atoms with Crippen molar-refractivity contribution in [2.75, 3.05) is 7.05 Å². The molecule has 0 aliphatic carbocycles. The molecule has 0 bridgehead atoms. The van der Waals surface area contributed by atoms with E-state index in [2.05, 4.69) is 5.32 Å². The molecule has 90 valence electrons. The number of nitrogens with one attached hydrogen (secondary N) is 1. The van der Waals surface area contributed by atoms with Crippen LogP contribution in [-0.4, -0.2) is 16.2 Å². The van der Waals surface area contributed by atoms with Crippen LogP contribution in [0.25, 0.3) is 10.9 Å². The van der Waals surface area contributed by atoms with Crippen LogP contribution < -0.4 is 16.6 Å². The minimum atomic E-state index is -0.384. The molecule has 1 aromatic carbocycles. The Kier molecular flexibility index (Phi) is 3.04. The second kappa shape index (κ2) is 4.35. The first-order valence-corrected chi connectivity index (χ1v) is 5.48. The lowest BCUT2D eigenvalue weighted by Gasteiger charge is -2.10. The van der Waals surface area contributed by atoms with E-state index in [1.807, 2.05) is 0 Å². The molecule has 0 radical (unpaired) electrons. The maximum atomic E-state index is 12.1. The van der Waals surface area contributed by atoms with E-state index in [-0.39, 0.29) is 17.9 Å². The Balaban J connectivity index is 3.01. The van der Waals surface area contributed by atoms with Crippen LogP contribution >= 0.6 is 11.6 Å². The van der Waals surface area contributed by atoms with Gasteiger partial charge in [-0.15, -0.1) is 0 Å². The average Bonchev–Trinajstić information content (AvgIpc) is 2.31.